The van der Waals surface area contributed by atoms with Crippen molar-refractivity contribution in [3.8, 4) is 0 Å². The van der Waals surface area contributed by atoms with Crippen molar-refractivity contribution in [3.05, 3.63) is 23.8 Å². The summed E-state index contributed by atoms with van der Waals surface area (Å²) in [5, 5.41) is 13.1. The number of piperidine rings is 1. The lowest BCUT2D eigenvalue weighted by Gasteiger charge is -2.31. The number of carbonyl (C=O) groups is 2. The van der Waals surface area contributed by atoms with Crippen molar-refractivity contribution in [1.82, 2.24) is 25.6 Å². The van der Waals surface area contributed by atoms with E-state index in [2.05, 4.69) is 27.7 Å². The van der Waals surface area contributed by atoms with Crippen molar-refractivity contribution in [1.29, 1.82) is 0 Å². The molecule has 7 heteroatoms. The molecule has 0 saturated carbocycles. The first kappa shape index (κ1) is 14.5. The number of H-pyrrole nitrogens is 1. The Kier molecular flexibility index (Phi) is 4.04. The molecule has 1 atom stereocenters. The second-order valence-corrected chi connectivity index (χ2v) is 5.80. The van der Waals surface area contributed by atoms with E-state index in [1.807, 2.05) is 4.90 Å². The van der Waals surface area contributed by atoms with E-state index < -0.39 is 0 Å². The van der Waals surface area contributed by atoms with Crippen molar-refractivity contribution < 1.29 is 9.59 Å². The lowest BCUT2D eigenvalue weighted by Crippen LogP contribution is -2.44. The highest BCUT2D eigenvalue weighted by molar-refractivity contribution is 5.98. The quantitative estimate of drug-likeness (QED) is 0.883. The number of likely N-dealkylation sites (tertiary alicyclic amines) is 1. The van der Waals surface area contributed by atoms with Gasteiger partial charge >= 0.3 is 0 Å². The molecule has 116 valence electrons. The molecule has 2 heterocycles. The fourth-order valence-corrected chi connectivity index (χ4v) is 2.77. The molecule has 0 bridgehead atoms. The SMILES string of the molecule is C[C@H]1CCCN(C(=O)CNC(=O)c2ccc3n[nH]nc3c2)C1. The standard InChI is InChI=1S/C15H19N5O2/c1-10-3-2-6-20(9-10)14(21)8-16-15(22)11-4-5-12-13(7-11)18-19-17-12/h4-5,7,10H,2-3,6,8-9H2,1H3,(H,16,22)(H,17,18,19)/t10-/m0/s1. The van der Waals surface area contributed by atoms with E-state index in [-0.39, 0.29) is 18.4 Å². The van der Waals surface area contributed by atoms with E-state index in [1.165, 1.54) is 0 Å². The zero-order valence-corrected chi connectivity index (χ0v) is 12.5. The monoisotopic (exact) mass is 301 g/mol. The molecule has 0 aliphatic carbocycles. The summed E-state index contributed by atoms with van der Waals surface area (Å²) in [6.07, 6.45) is 2.19. The number of fused-ring (bicyclic) bond motifs is 1. The molecule has 1 aromatic heterocycles. The van der Waals surface area contributed by atoms with Gasteiger partial charge in [0.15, 0.2) is 0 Å². The lowest BCUT2D eigenvalue weighted by atomic mass is 10.0. The number of hydrogen-bond donors (Lipinski definition) is 2. The highest BCUT2D eigenvalue weighted by Gasteiger charge is 2.21. The highest BCUT2D eigenvalue weighted by Crippen LogP contribution is 2.15. The Morgan fingerprint density at radius 2 is 2.18 bits per heavy atom. The minimum absolute atomic E-state index is 0.0255. The predicted octanol–water partition coefficient (Wildman–Crippen LogP) is 0.946. The Labute approximate surface area is 128 Å². The molecule has 1 fully saturated rings. The Bertz CT molecular complexity index is 696. The molecular formula is C15H19N5O2. The van der Waals surface area contributed by atoms with E-state index in [0.717, 1.165) is 25.9 Å². The summed E-state index contributed by atoms with van der Waals surface area (Å²) < 4.78 is 0. The summed E-state index contributed by atoms with van der Waals surface area (Å²) in [6, 6.07) is 5.05. The number of rotatable bonds is 3. The number of nitrogens with one attached hydrogen (secondary N) is 2. The number of nitrogens with zero attached hydrogens (tertiary/aromatic N) is 3. The van der Waals surface area contributed by atoms with Gasteiger partial charge < -0.3 is 10.2 Å². The molecule has 0 spiro atoms. The van der Waals surface area contributed by atoms with Crippen LogP contribution >= 0.6 is 0 Å². The Hall–Kier alpha value is -2.44. The van der Waals surface area contributed by atoms with Gasteiger partial charge in [0, 0.05) is 18.7 Å². The molecule has 1 aromatic carbocycles. The molecule has 22 heavy (non-hydrogen) atoms. The fraction of sp³-hybridized carbons (Fsp3) is 0.467. The van der Waals surface area contributed by atoms with E-state index >= 15 is 0 Å². The molecule has 2 aromatic rings. The van der Waals surface area contributed by atoms with Gasteiger partial charge in [-0.3, -0.25) is 9.59 Å². The van der Waals surface area contributed by atoms with Gasteiger partial charge in [0.25, 0.3) is 5.91 Å². The first-order chi connectivity index (χ1) is 10.6. The number of hydrogen-bond acceptors (Lipinski definition) is 4. The summed E-state index contributed by atoms with van der Waals surface area (Å²) in [4.78, 5) is 26.1. The van der Waals surface area contributed by atoms with Crippen molar-refractivity contribution in [3.63, 3.8) is 0 Å². The summed E-state index contributed by atoms with van der Waals surface area (Å²) in [6.45, 7) is 3.73. The normalized spacial score (nSPS) is 18.4. The Balaban J connectivity index is 1.58. The summed E-state index contributed by atoms with van der Waals surface area (Å²) in [7, 11) is 0. The second-order valence-electron chi connectivity index (χ2n) is 5.80. The van der Waals surface area contributed by atoms with Crippen molar-refractivity contribution in [2.24, 2.45) is 5.92 Å². The van der Waals surface area contributed by atoms with Crippen molar-refractivity contribution in [2.45, 2.75) is 19.8 Å². The van der Waals surface area contributed by atoms with E-state index in [0.29, 0.717) is 22.5 Å². The van der Waals surface area contributed by atoms with Crippen molar-refractivity contribution in [2.75, 3.05) is 19.6 Å². The Morgan fingerprint density at radius 1 is 1.36 bits per heavy atom. The highest BCUT2D eigenvalue weighted by atomic mass is 16.2. The number of carbonyl (C=O) groups excluding carboxylic acids is 2. The maximum absolute atomic E-state index is 12.1. The zero-order valence-electron chi connectivity index (χ0n) is 12.5. The molecule has 2 N–H and O–H groups in total. The molecule has 3 rings (SSSR count). The fourth-order valence-electron chi connectivity index (χ4n) is 2.77. The van der Waals surface area contributed by atoms with Gasteiger partial charge in [-0.2, -0.15) is 15.4 Å². The van der Waals surface area contributed by atoms with Crippen LogP contribution in [0.1, 0.15) is 30.1 Å². The smallest absolute Gasteiger partial charge is 0.251 e. The molecule has 1 aliphatic heterocycles. The van der Waals surface area contributed by atoms with Crippen LogP contribution in [0.25, 0.3) is 11.0 Å². The van der Waals surface area contributed by atoms with Crippen LogP contribution in [-0.4, -0.2) is 51.8 Å². The number of amides is 2. The molecule has 1 saturated heterocycles. The first-order valence-corrected chi connectivity index (χ1v) is 7.50. The van der Waals surface area contributed by atoms with Crippen LogP contribution in [0.4, 0.5) is 0 Å². The third-order valence-corrected chi connectivity index (χ3v) is 3.99. The van der Waals surface area contributed by atoms with E-state index in [4.69, 9.17) is 0 Å². The van der Waals surface area contributed by atoms with Gasteiger partial charge in [0.2, 0.25) is 5.91 Å². The third-order valence-electron chi connectivity index (χ3n) is 3.99. The average molecular weight is 301 g/mol. The molecule has 2 amide bonds. The van der Waals surface area contributed by atoms with Crippen LogP contribution in [0.3, 0.4) is 0 Å². The lowest BCUT2D eigenvalue weighted by molar-refractivity contribution is -0.131. The minimum atomic E-state index is -0.275. The van der Waals surface area contributed by atoms with Crippen LogP contribution in [0.2, 0.25) is 0 Å². The van der Waals surface area contributed by atoms with Gasteiger partial charge in [-0.25, -0.2) is 0 Å². The second kappa shape index (κ2) is 6.13. The number of benzene rings is 1. The first-order valence-electron chi connectivity index (χ1n) is 7.50. The maximum atomic E-state index is 12.1. The average Bonchev–Trinajstić information content (AvgIpc) is 2.99. The van der Waals surface area contributed by atoms with Crippen LogP contribution in [0.15, 0.2) is 18.2 Å². The van der Waals surface area contributed by atoms with Crippen LogP contribution in [-0.2, 0) is 4.79 Å². The minimum Gasteiger partial charge on any atom is -0.343 e. The number of aromatic nitrogens is 3. The third kappa shape index (κ3) is 3.08. The van der Waals surface area contributed by atoms with Gasteiger partial charge in [-0.1, -0.05) is 6.92 Å². The molecule has 7 nitrogen and oxygen atoms in total. The van der Waals surface area contributed by atoms with E-state index in [9.17, 15) is 9.59 Å². The van der Waals surface area contributed by atoms with Crippen LogP contribution < -0.4 is 5.32 Å². The zero-order chi connectivity index (χ0) is 15.5. The van der Waals surface area contributed by atoms with Crippen LogP contribution in [0, 0.1) is 5.92 Å². The topological polar surface area (TPSA) is 91.0 Å². The molecule has 0 radical (unpaired) electrons. The molecule has 0 unspecified atom stereocenters. The summed E-state index contributed by atoms with van der Waals surface area (Å²) >= 11 is 0. The number of aromatic amines is 1. The van der Waals surface area contributed by atoms with E-state index in [1.54, 1.807) is 18.2 Å². The van der Waals surface area contributed by atoms with Gasteiger partial charge in [-0.05, 0) is 37.0 Å². The summed E-state index contributed by atoms with van der Waals surface area (Å²) in [5.74, 6) is 0.230. The van der Waals surface area contributed by atoms with Gasteiger partial charge in [0.1, 0.15) is 11.0 Å². The summed E-state index contributed by atoms with van der Waals surface area (Å²) in [5.41, 5.74) is 1.81. The predicted molar refractivity (Wildman–Crippen MR) is 81.2 cm³/mol. The maximum Gasteiger partial charge on any atom is 0.251 e. The molecular weight excluding hydrogens is 282 g/mol. The van der Waals surface area contributed by atoms with Gasteiger partial charge in [-0.15, -0.1) is 0 Å². The van der Waals surface area contributed by atoms with Crippen molar-refractivity contribution >= 4 is 22.8 Å². The Morgan fingerprint density at radius 3 is 3.00 bits per heavy atom. The molecule has 1 aliphatic rings. The largest absolute Gasteiger partial charge is 0.343 e. The van der Waals surface area contributed by atoms with Gasteiger partial charge in [0.05, 0.1) is 6.54 Å². The van der Waals surface area contributed by atoms with Crippen LogP contribution in [0.5, 0.6) is 0 Å².